The van der Waals surface area contributed by atoms with E-state index < -0.39 is 0 Å². The average Bonchev–Trinajstić information content (AvgIpc) is 2.57. The Morgan fingerprint density at radius 3 is 3.00 bits per heavy atom. The summed E-state index contributed by atoms with van der Waals surface area (Å²) < 4.78 is 0. The molecule has 0 aromatic rings. The molecule has 1 rings (SSSR count). The van der Waals surface area contributed by atoms with Crippen LogP contribution in [0, 0.1) is 0 Å². The molecule has 0 spiro atoms. The van der Waals surface area contributed by atoms with Gasteiger partial charge < -0.3 is 10.2 Å². The first-order chi connectivity index (χ1) is 6.24. The van der Waals surface area contributed by atoms with Crippen LogP contribution in [-0.2, 0) is 9.63 Å². The van der Waals surface area contributed by atoms with Crippen molar-refractivity contribution in [3.05, 3.63) is 11.6 Å². The van der Waals surface area contributed by atoms with Gasteiger partial charge >= 0.3 is 5.97 Å². The van der Waals surface area contributed by atoms with Crippen molar-refractivity contribution < 1.29 is 9.63 Å². The minimum Gasteiger partial charge on any atom is -0.363 e. The number of rotatable bonds is 3. The summed E-state index contributed by atoms with van der Waals surface area (Å²) in [6.45, 7) is 6.05. The van der Waals surface area contributed by atoms with Crippen LogP contribution in [-0.4, -0.2) is 30.8 Å². The van der Waals surface area contributed by atoms with E-state index in [9.17, 15) is 4.79 Å². The number of allylic oxidation sites excluding steroid dienone is 1. The Kier molecular flexibility index (Phi) is 3.92. The second-order valence-electron chi connectivity index (χ2n) is 3.04. The highest BCUT2D eigenvalue weighted by molar-refractivity contribution is 5.87. The molecule has 13 heavy (non-hydrogen) atoms. The normalized spacial score (nSPS) is 19.1. The summed E-state index contributed by atoms with van der Waals surface area (Å²) in [5, 5.41) is 4.71. The fourth-order valence-corrected chi connectivity index (χ4v) is 1.14. The van der Waals surface area contributed by atoms with Crippen LogP contribution in [0.5, 0.6) is 0 Å². The van der Waals surface area contributed by atoms with Gasteiger partial charge in [0, 0.05) is 18.7 Å². The van der Waals surface area contributed by atoms with Gasteiger partial charge in [-0.2, -0.15) is 0 Å². The molecule has 1 saturated heterocycles. The lowest BCUT2D eigenvalue weighted by Gasteiger charge is -2.13. The maximum atomic E-state index is 11.3. The predicted octanol–water partition coefficient (Wildman–Crippen LogP) is 0.664. The van der Waals surface area contributed by atoms with E-state index in [1.807, 2.05) is 13.0 Å². The van der Waals surface area contributed by atoms with Crippen molar-refractivity contribution in [3.63, 3.8) is 0 Å². The summed E-state index contributed by atoms with van der Waals surface area (Å²) in [5.74, 6) is -0.245. The first-order valence-corrected chi connectivity index (χ1v) is 4.58. The van der Waals surface area contributed by atoms with Gasteiger partial charge in [0.25, 0.3) is 0 Å². The van der Waals surface area contributed by atoms with Crippen molar-refractivity contribution in [3.8, 4) is 0 Å². The van der Waals surface area contributed by atoms with Gasteiger partial charge in [-0.3, -0.25) is 0 Å². The molecule has 0 bridgehead atoms. The van der Waals surface area contributed by atoms with Crippen LogP contribution in [0.3, 0.4) is 0 Å². The first-order valence-electron chi connectivity index (χ1n) is 4.58. The molecule has 0 aromatic carbocycles. The largest absolute Gasteiger partial charge is 0.363 e. The van der Waals surface area contributed by atoms with E-state index in [-0.39, 0.29) is 5.97 Å². The van der Waals surface area contributed by atoms with Crippen LogP contribution in [0.2, 0.25) is 0 Å². The third-order valence-electron chi connectivity index (χ3n) is 1.87. The Morgan fingerprint density at radius 2 is 2.46 bits per heavy atom. The SMILES string of the molecule is CCC=C(C)C(=O)ON1CCNC1. The molecule has 1 N–H and O–H groups in total. The fraction of sp³-hybridized carbons (Fsp3) is 0.667. The van der Waals surface area contributed by atoms with E-state index in [0.29, 0.717) is 12.2 Å². The molecule has 0 amide bonds. The zero-order valence-corrected chi connectivity index (χ0v) is 8.17. The van der Waals surface area contributed by atoms with Gasteiger partial charge in [-0.05, 0) is 13.3 Å². The summed E-state index contributed by atoms with van der Waals surface area (Å²) in [6, 6.07) is 0. The molecule has 0 aliphatic carbocycles. The molecule has 4 heteroatoms. The van der Waals surface area contributed by atoms with Gasteiger partial charge in [0.15, 0.2) is 0 Å². The lowest BCUT2D eigenvalue weighted by molar-refractivity contribution is -0.180. The number of nitrogens with zero attached hydrogens (tertiary/aromatic N) is 1. The third-order valence-corrected chi connectivity index (χ3v) is 1.87. The van der Waals surface area contributed by atoms with E-state index in [2.05, 4.69) is 5.32 Å². The molecule has 1 heterocycles. The minimum atomic E-state index is -0.245. The van der Waals surface area contributed by atoms with Gasteiger partial charge in [-0.15, -0.1) is 5.06 Å². The van der Waals surface area contributed by atoms with Gasteiger partial charge in [0.05, 0.1) is 6.67 Å². The minimum absolute atomic E-state index is 0.245. The van der Waals surface area contributed by atoms with E-state index in [0.717, 1.165) is 19.5 Å². The Morgan fingerprint density at radius 1 is 1.69 bits per heavy atom. The first kappa shape index (κ1) is 10.2. The average molecular weight is 184 g/mol. The molecule has 0 unspecified atom stereocenters. The molecule has 0 saturated carbocycles. The molecule has 0 atom stereocenters. The summed E-state index contributed by atoms with van der Waals surface area (Å²) in [4.78, 5) is 16.4. The molecule has 1 aliphatic heterocycles. The number of carbonyl (C=O) groups excluding carboxylic acids is 1. The number of hydroxylamine groups is 2. The van der Waals surface area contributed by atoms with Crippen molar-refractivity contribution in [1.82, 2.24) is 10.4 Å². The highest BCUT2D eigenvalue weighted by Gasteiger charge is 2.16. The summed E-state index contributed by atoms with van der Waals surface area (Å²) >= 11 is 0. The highest BCUT2D eigenvalue weighted by Crippen LogP contribution is 2.02. The van der Waals surface area contributed by atoms with Gasteiger partial charge in [-0.25, -0.2) is 4.79 Å². The summed E-state index contributed by atoms with van der Waals surface area (Å²) in [6.07, 6.45) is 2.73. The zero-order valence-electron chi connectivity index (χ0n) is 8.17. The van der Waals surface area contributed by atoms with Crippen LogP contribution >= 0.6 is 0 Å². The Hall–Kier alpha value is -0.870. The molecular weight excluding hydrogens is 168 g/mol. The maximum absolute atomic E-state index is 11.3. The van der Waals surface area contributed by atoms with Gasteiger partial charge in [0.1, 0.15) is 0 Å². The van der Waals surface area contributed by atoms with Gasteiger partial charge in [-0.1, -0.05) is 13.0 Å². The fourth-order valence-electron chi connectivity index (χ4n) is 1.14. The summed E-state index contributed by atoms with van der Waals surface area (Å²) in [7, 11) is 0. The smallest absolute Gasteiger partial charge is 0.352 e. The second-order valence-corrected chi connectivity index (χ2v) is 3.04. The van der Waals surface area contributed by atoms with Crippen LogP contribution in [0.25, 0.3) is 0 Å². The maximum Gasteiger partial charge on any atom is 0.352 e. The van der Waals surface area contributed by atoms with Crippen molar-refractivity contribution in [2.75, 3.05) is 19.8 Å². The van der Waals surface area contributed by atoms with Crippen molar-refractivity contribution in [1.29, 1.82) is 0 Å². The molecule has 0 radical (unpaired) electrons. The molecular formula is C9H16N2O2. The molecule has 1 fully saturated rings. The summed E-state index contributed by atoms with van der Waals surface area (Å²) in [5.41, 5.74) is 0.675. The number of hydrogen-bond acceptors (Lipinski definition) is 4. The van der Waals surface area contributed by atoms with Gasteiger partial charge in [0.2, 0.25) is 0 Å². The highest BCUT2D eigenvalue weighted by atomic mass is 16.7. The Bertz CT molecular complexity index is 208. The van der Waals surface area contributed by atoms with E-state index >= 15 is 0 Å². The molecule has 0 aromatic heterocycles. The standard InChI is InChI=1S/C9H16N2O2/c1-3-4-8(2)9(12)13-11-6-5-10-7-11/h4,10H,3,5-7H2,1-2H3. The second kappa shape index (κ2) is 4.99. The van der Waals surface area contributed by atoms with E-state index in [1.165, 1.54) is 0 Å². The zero-order chi connectivity index (χ0) is 9.68. The van der Waals surface area contributed by atoms with E-state index in [1.54, 1.807) is 12.0 Å². The third kappa shape index (κ3) is 3.16. The molecule has 4 nitrogen and oxygen atoms in total. The predicted molar refractivity (Wildman–Crippen MR) is 49.7 cm³/mol. The monoisotopic (exact) mass is 184 g/mol. The van der Waals surface area contributed by atoms with Crippen LogP contribution in [0.4, 0.5) is 0 Å². The lowest BCUT2D eigenvalue weighted by atomic mass is 10.2. The van der Waals surface area contributed by atoms with Crippen LogP contribution < -0.4 is 5.32 Å². The quantitative estimate of drug-likeness (QED) is 0.654. The van der Waals surface area contributed by atoms with Crippen molar-refractivity contribution in [2.45, 2.75) is 20.3 Å². The topological polar surface area (TPSA) is 41.6 Å². The Labute approximate surface area is 78.5 Å². The molecule has 74 valence electrons. The number of carbonyl (C=O) groups is 1. The number of hydrogen-bond donors (Lipinski definition) is 1. The van der Waals surface area contributed by atoms with Crippen LogP contribution in [0.15, 0.2) is 11.6 Å². The van der Waals surface area contributed by atoms with Crippen LogP contribution in [0.1, 0.15) is 20.3 Å². The van der Waals surface area contributed by atoms with E-state index in [4.69, 9.17) is 4.84 Å². The lowest BCUT2D eigenvalue weighted by Crippen LogP contribution is -2.26. The van der Waals surface area contributed by atoms with Crippen molar-refractivity contribution in [2.24, 2.45) is 0 Å². The molecule has 1 aliphatic rings. The Balaban J connectivity index is 2.35. The van der Waals surface area contributed by atoms with Crippen molar-refractivity contribution >= 4 is 5.97 Å². The number of nitrogens with one attached hydrogen (secondary N) is 1.